The summed E-state index contributed by atoms with van der Waals surface area (Å²) < 4.78 is 0. The molecule has 1 aromatic carbocycles. The number of carboxylic acid groups (broad SMARTS) is 1. The van der Waals surface area contributed by atoms with E-state index in [0.717, 1.165) is 16.9 Å². The molecule has 108 valence electrons. The van der Waals surface area contributed by atoms with Crippen LogP contribution in [0.25, 0.3) is 0 Å². The van der Waals surface area contributed by atoms with Crippen molar-refractivity contribution >= 4 is 23.6 Å². The molecule has 20 heavy (non-hydrogen) atoms. The van der Waals surface area contributed by atoms with Crippen LogP contribution in [0.2, 0.25) is 0 Å². The summed E-state index contributed by atoms with van der Waals surface area (Å²) in [5, 5.41) is 9.20. The van der Waals surface area contributed by atoms with Crippen LogP contribution < -0.4 is 0 Å². The van der Waals surface area contributed by atoms with E-state index in [1.807, 2.05) is 32.0 Å². The van der Waals surface area contributed by atoms with Crippen LogP contribution in [0.1, 0.15) is 16.7 Å². The molecule has 1 fully saturated rings. The fourth-order valence-corrected chi connectivity index (χ4v) is 3.33. The molecular weight excluding hydrogens is 274 g/mol. The normalized spacial score (nSPS) is 18.9. The van der Waals surface area contributed by atoms with Gasteiger partial charge in [0, 0.05) is 18.1 Å². The second-order valence-electron chi connectivity index (χ2n) is 5.11. The molecule has 1 atom stereocenters. The number of carbonyl (C=O) groups is 2. The van der Waals surface area contributed by atoms with E-state index >= 15 is 0 Å². The lowest BCUT2D eigenvalue weighted by Gasteiger charge is -2.32. The Morgan fingerprint density at radius 1 is 1.35 bits per heavy atom. The van der Waals surface area contributed by atoms with Gasteiger partial charge in [-0.05, 0) is 30.5 Å². The van der Waals surface area contributed by atoms with Crippen molar-refractivity contribution in [2.75, 3.05) is 18.1 Å². The van der Waals surface area contributed by atoms with Crippen LogP contribution in [0.3, 0.4) is 0 Å². The molecule has 1 heterocycles. The first-order valence-corrected chi connectivity index (χ1v) is 7.80. The maximum absolute atomic E-state index is 12.3. The molecule has 1 amide bonds. The molecule has 0 radical (unpaired) electrons. The predicted octanol–water partition coefficient (Wildman–Crippen LogP) is 1.87. The molecule has 4 nitrogen and oxygen atoms in total. The highest BCUT2D eigenvalue weighted by atomic mass is 32.2. The number of rotatable bonds is 3. The zero-order chi connectivity index (χ0) is 14.7. The fraction of sp³-hybridized carbons (Fsp3) is 0.467. The van der Waals surface area contributed by atoms with Crippen LogP contribution in [0.5, 0.6) is 0 Å². The molecule has 0 spiro atoms. The summed E-state index contributed by atoms with van der Waals surface area (Å²) in [4.78, 5) is 25.1. The predicted molar refractivity (Wildman–Crippen MR) is 80.1 cm³/mol. The number of hydrogen-bond acceptors (Lipinski definition) is 3. The summed E-state index contributed by atoms with van der Waals surface area (Å²) in [6, 6.07) is 5.25. The molecule has 0 aromatic heterocycles. The van der Waals surface area contributed by atoms with E-state index in [2.05, 4.69) is 0 Å². The van der Waals surface area contributed by atoms with Crippen LogP contribution in [0.15, 0.2) is 18.2 Å². The van der Waals surface area contributed by atoms with Crippen LogP contribution in [0, 0.1) is 13.8 Å². The largest absolute Gasteiger partial charge is 0.480 e. The molecule has 1 N–H and O–H groups in total. The van der Waals surface area contributed by atoms with E-state index in [9.17, 15) is 14.7 Å². The number of hydrogen-bond donors (Lipinski definition) is 1. The third-order valence-corrected chi connectivity index (χ3v) is 4.68. The van der Waals surface area contributed by atoms with E-state index in [1.165, 1.54) is 10.5 Å². The Morgan fingerprint density at radius 3 is 2.75 bits per heavy atom. The van der Waals surface area contributed by atoms with Gasteiger partial charge in [0.1, 0.15) is 6.04 Å². The number of carboxylic acids is 1. The number of aryl methyl sites for hydroxylation is 2. The summed E-state index contributed by atoms with van der Waals surface area (Å²) in [5.74, 6) is 0.280. The van der Waals surface area contributed by atoms with Crippen molar-refractivity contribution in [3.05, 3.63) is 34.9 Å². The van der Waals surface area contributed by atoms with Crippen molar-refractivity contribution < 1.29 is 14.7 Å². The van der Waals surface area contributed by atoms with Crippen molar-refractivity contribution in [2.45, 2.75) is 26.3 Å². The van der Waals surface area contributed by atoms with Gasteiger partial charge in [0.05, 0.1) is 6.42 Å². The van der Waals surface area contributed by atoms with Crippen LogP contribution in [0.4, 0.5) is 0 Å². The molecule has 1 unspecified atom stereocenters. The highest BCUT2D eigenvalue weighted by Gasteiger charge is 2.32. The van der Waals surface area contributed by atoms with Crippen molar-refractivity contribution in [1.29, 1.82) is 0 Å². The van der Waals surface area contributed by atoms with E-state index in [-0.39, 0.29) is 12.3 Å². The summed E-state index contributed by atoms with van der Waals surface area (Å²) >= 11 is 1.59. The van der Waals surface area contributed by atoms with E-state index in [0.29, 0.717) is 12.3 Å². The Bertz CT molecular complexity index is 530. The summed E-state index contributed by atoms with van der Waals surface area (Å²) in [5.41, 5.74) is 3.29. The van der Waals surface area contributed by atoms with Crippen LogP contribution in [-0.4, -0.2) is 46.0 Å². The fourth-order valence-electron chi connectivity index (χ4n) is 2.30. The minimum Gasteiger partial charge on any atom is -0.480 e. The first-order chi connectivity index (χ1) is 9.49. The number of thioether (sulfide) groups is 1. The zero-order valence-corrected chi connectivity index (χ0v) is 12.6. The third-order valence-electron chi connectivity index (χ3n) is 3.66. The molecular formula is C15H19NO3S. The lowest BCUT2D eigenvalue weighted by Crippen LogP contribution is -2.50. The molecule has 0 bridgehead atoms. The number of amides is 1. The minimum absolute atomic E-state index is 0.0963. The summed E-state index contributed by atoms with van der Waals surface area (Å²) in [6.45, 7) is 4.56. The number of benzene rings is 1. The van der Waals surface area contributed by atoms with Crippen molar-refractivity contribution in [3.8, 4) is 0 Å². The van der Waals surface area contributed by atoms with Crippen LogP contribution in [-0.2, 0) is 16.0 Å². The number of aliphatic carboxylic acids is 1. The second kappa shape index (κ2) is 6.31. The molecule has 0 aliphatic carbocycles. The first-order valence-electron chi connectivity index (χ1n) is 6.65. The van der Waals surface area contributed by atoms with Gasteiger partial charge in [0.2, 0.25) is 5.91 Å². The SMILES string of the molecule is Cc1ccc(CC(=O)N2CCSCC2C(=O)O)cc1C. The van der Waals surface area contributed by atoms with Gasteiger partial charge in [0.15, 0.2) is 0 Å². The van der Waals surface area contributed by atoms with Gasteiger partial charge in [-0.3, -0.25) is 4.79 Å². The Kier molecular flexibility index (Phi) is 4.70. The highest BCUT2D eigenvalue weighted by Crippen LogP contribution is 2.19. The quantitative estimate of drug-likeness (QED) is 0.924. The average molecular weight is 293 g/mol. The number of carbonyl (C=O) groups excluding carboxylic acids is 1. The van der Waals surface area contributed by atoms with E-state index in [1.54, 1.807) is 11.8 Å². The Labute approximate surface area is 123 Å². The Balaban J connectivity index is 2.09. The maximum Gasteiger partial charge on any atom is 0.327 e. The second-order valence-corrected chi connectivity index (χ2v) is 6.26. The van der Waals surface area contributed by atoms with E-state index < -0.39 is 12.0 Å². The first kappa shape index (κ1) is 14.9. The molecule has 5 heteroatoms. The Hall–Kier alpha value is -1.49. The summed E-state index contributed by atoms with van der Waals surface area (Å²) in [6.07, 6.45) is 0.273. The number of nitrogens with zero attached hydrogens (tertiary/aromatic N) is 1. The van der Waals surface area contributed by atoms with Gasteiger partial charge in [-0.25, -0.2) is 4.79 Å². The van der Waals surface area contributed by atoms with Gasteiger partial charge >= 0.3 is 5.97 Å². The molecule has 1 aliphatic rings. The lowest BCUT2D eigenvalue weighted by atomic mass is 10.0. The van der Waals surface area contributed by atoms with Crippen LogP contribution >= 0.6 is 11.8 Å². The standard InChI is InChI=1S/C15H19NO3S/c1-10-3-4-12(7-11(10)2)8-14(17)16-5-6-20-9-13(16)15(18)19/h3-4,7,13H,5-6,8-9H2,1-2H3,(H,18,19). The van der Waals surface area contributed by atoms with Gasteiger partial charge < -0.3 is 10.0 Å². The van der Waals surface area contributed by atoms with Gasteiger partial charge in [-0.15, -0.1) is 0 Å². The van der Waals surface area contributed by atoms with Crippen molar-refractivity contribution in [1.82, 2.24) is 4.90 Å². The Morgan fingerprint density at radius 2 is 2.10 bits per heavy atom. The smallest absolute Gasteiger partial charge is 0.327 e. The van der Waals surface area contributed by atoms with Gasteiger partial charge in [0.25, 0.3) is 0 Å². The zero-order valence-electron chi connectivity index (χ0n) is 11.8. The maximum atomic E-state index is 12.3. The van der Waals surface area contributed by atoms with Gasteiger partial charge in [-0.2, -0.15) is 11.8 Å². The molecule has 1 saturated heterocycles. The molecule has 0 saturated carbocycles. The topological polar surface area (TPSA) is 57.6 Å². The molecule has 1 aromatic rings. The van der Waals surface area contributed by atoms with Crippen molar-refractivity contribution in [3.63, 3.8) is 0 Å². The average Bonchev–Trinajstić information content (AvgIpc) is 2.43. The highest BCUT2D eigenvalue weighted by molar-refractivity contribution is 7.99. The third kappa shape index (κ3) is 3.33. The lowest BCUT2D eigenvalue weighted by molar-refractivity contribution is -0.148. The summed E-state index contributed by atoms with van der Waals surface area (Å²) in [7, 11) is 0. The van der Waals surface area contributed by atoms with Crippen molar-refractivity contribution in [2.24, 2.45) is 0 Å². The van der Waals surface area contributed by atoms with E-state index in [4.69, 9.17) is 0 Å². The molecule has 2 rings (SSSR count). The monoisotopic (exact) mass is 293 g/mol. The molecule has 1 aliphatic heterocycles. The minimum atomic E-state index is -0.911. The van der Waals surface area contributed by atoms with Gasteiger partial charge in [-0.1, -0.05) is 18.2 Å².